The lowest BCUT2D eigenvalue weighted by atomic mass is 9.47. The molecule has 3 aliphatic carbocycles. The lowest BCUT2D eigenvalue weighted by Crippen LogP contribution is -2.60. The molecule has 3 fully saturated rings. The molecule has 1 aliphatic heterocycles. The Balaban J connectivity index is 1.38. The number of halogens is 1. The van der Waals surface area contributed by atoms with Gasteiger partial charge in [-0.3, -0.25) is 9.59 Å². The van der Waals surface area contributed by atoms with Gasteiger partial charge in [0, 0.05) is 23.9 Å². The lowest BCUT2D eigenvalue weighted by Gasteiger charge is -2.60. The van der Waals surface area contributed by atoms with Crippen LogP contribution in [-0.2, 0) is 9.59 Å². The number of hydrogen-bond donors (Lipinski definition) is 1. The average molecular weight is 439 g/mol. The molecular formula is C27H35FN2O2. The Bertz CT molecular complexity index is 961. The topological polar surface area (TPSA) is 49.4 Å². The SMILES string of the molecule is CCN1C(=O)C=C[C@@]2(C)C1CC[C@@H]1[C@H]2CC[C@]2(C)C(C(=O)Nc3ccccc3F)CC[C@@H]12. The minimum absolute atomic E-state index is 0.0156. The van der Waals surface area contributed by atoms with Gasteiger partial charge in [-0.1, -0.05) is 32.1 Å². The van der Waals surface area contributed by atoms with Crippen molar-refractivity contribution < 1.29 is 14.0 Å². The van der Waals surface area contributed by atoms with E-state index in [-0.39, 0.29) is 46.1 Å². The van der Waals surface area contributed by atoms with Gasteiger partial charge in [0.05, 0.1) is 5.69 Å². The molecule has 0 bridgehead atoms. The van der Waals surface area contributed by atoms with Gasteiger partial charge in [-0.05, 0) is 86.8 Å². The van der Waals surface area contributed by atoms with Crippen molar-refractivity contribution in [3.63, 3.8) is 0 Å². The fourth-order valence-corrected chi connectivity index (χ4v) is 8.19. The van der Waals surface area contributed by atoms with E-state index in [2.05, 4.69) is 37.1 Å². The molecule has 4 aliphatic rings. The number of fused-ring (bicyclic) bond motifs is 5. The minimum Gasteiger partial charge on any atom is -0.336 e. The van der Waals surface area contributed by atoms with Crippen molar-refractivity contribution in [2.24, 2.45) is 34.5 Å². The fourth-order valence-electron chi connectivity index (χ4n) is 8.19. The van der Waals surface area contributed by atoms with Gasteiger partial charge in [0.1, 0.15) is 5.82 Å². The predicted molar refractivity (Wildman–Crippen MR) is 123 cm³/mol. The van der Waals surface area contributed by atoms with Crippen LogP contribution in [-0.4, -0.2) is 29.3 Å². The van der Waals surface area contributed by atoms with Crippen LogP contribution < -0.4 is 5.32 Å². The Morgan fingerprint density at radius 3 is 2.66 bits per heavy atom. The maximum Gasteiger partial charge on any atom is 0.246 e. The number of carbonyl (C=O) groups is 2. The molecular weight excluding hydrogens is 403 g/mol. The monoisotopic (exact) mass is 438 g/mol. The highest BCUT2D eigenvalue weighted by atomic mass is 19.1. The van der Waals surface area contributed by atoms with Crippen LogP contribution in [0.15, 0.2) is 36.4 Å². The van der Waals surface area contributed by atoms with Crippen LogP contribution in [0.3, 0.4) is 0 Å². The smallest absolute Gasteiger partial charge is 0.246 e. The van der Waals surface area contributed by atoms with Gasteiger partial charge < -0.3 is 10.2 Å². The van der Waals surface area contributed by atoms with Crippen molar-refractivity contribution >= 4 is 17.5 Å². The van der Waals surface area contributed by atoms with Crippen LogP contribution >= 0.6 is 0 Å². The Hall–Kier alpha value is -2.17. The summed E-state index contributed by atoms with van der Waals surface area (Å²) in [5.41, 5.74) is 0.253. The lowest BCUT2D eigenvalue weighted by molar-refractivity contribution is -0.143. The van der Waals surface area contributed by atoms with Crippen LogP contribution in [0.25, 0.3) is 0 Å². The Morgan fingerprint density at radius 1 is 1.12 bits per heavy atom. The first kappa shape index (κ1) is 21.7. The number of amides is 2. The van der Waals surface area contributed by atoms with E-state index in [0.29, 0.717) is 17.8 Å². The molecule has 5 rings (SSSR count). The zero-order valence-electron chi connectivity index (χ0n) is 19.4. The normalized spacial score (nSPS) is 40.4. The van der Waals surface area contributed by atoms with Gasteiger partial charge in [0.25, 0.3) is 0 Å². The summed E-state index contributed by atoms with van der Waals surface area (Å²) < 4.78 is 14.1. The molecule has 0 aromatic heterocycles. The van der Waals surface area contributed by atoms with Crippen molar-refractivity contribution in [1.29, 1.82) is 0 Å². The van der Waals surface area contributed by atoms with Crippen LogP contribution in [0, 0.1) is 40.3 Å². The van der Waals surface area contributed by atoms with Crippen LogP contribution in [0.5, 0.6) is 0 Å². The van der Waals surface area contributed by atoms with Crippen LogP contribution in [0.1, 0.15) is 59.3 Å². The van der Waals surface area contributed by atoms with Gasteiger partial charge in [-0.25, -0.2) is 4.39 Å². The van der Waals surface area contributed by atoms with Crippen molar-refractivity contribution in [3.8, 4) is 0 Å². The molecule has 0 radical (unpaired) electrons. The maximum atomic E-state index is 14.1. The Labute approximate surface area is 190 Å². The summed E-state index contributed by atoms with van der Waals surface area (Å²) >= 11 is 0. The number of likely N-dealkylation sites (N-methyl/N-ethyl adjacent to an activating group) is 1. The van der Waals surface area contributed by atoms with Crippen molar-refractivity contribution in [1.82, 2.24) is 4.90 Å². The second-order valence-corrected chi connectivity index (χ2v) is 10.9. The molecule has 4 nitrogen and oxygen atoms in total. The van der Waals surface area contributed by atoms with E-state index in [1.54, 1.807) is 24.3 Å². The number of para-hydroxylation sites is 1. The summed E-state index contributed by atoms with van der Waals surface area (Å²) in [5.74, 6) is 1.31. The molecule has 3 saturated carbocycles. The summed E-state index contributed by atoms with van der Waals surface area (Å²) in [5, 5.41) is 2.88. The summed E-state index contributed by atoms with van der Waals surface area (Å²) in [6.07, 6.45) is 10.2. The number of anilines is 1. The average Bonchev–Trinajstić information content (AvgIpc) is 3.13. The van der Waals surface area contributed by atoms with E-state index in [0.717, 1.165) is 45.1 Å². The quantitative estimate of drug-likeness (QED) is 0.686. The van der Waals surface area contributed by atoms with E-state index in [4.69, 9.17) is 0 Å². The van der Waals surface area contributed by atoms with Gasteiger partial charge in [-0.15, -0.1) is 0 Å². The highest BCUT2D eigenvalue weighted by molar-refractivity contribution is 5.93. The largest absolute Gasteiger partial charge is 0.336 e. The third-order valence-electron chi connectivity index (χ3n) is 9.76. The Kier molecular flexibility index (Phi) is 5.22. The fraction of sp³-hybridized carbons (Fsp3) is 0.630. The molecule has 5 heteroatoms. The number of nitrogens with zero attached hydrogens (tertiary/aromatic N) is 1. The van der Waals surface area contributed by atoms with E-state index < -0.39 is 0 Å². The maximum absolute atomic E-state index is 14.1. The number of nitrogens with one attached hydrogen (secondary N) is 1. The standard InChI is InChI=1S/C27H35FN2O2/c1-4-30-23-12-9-17-18-10-11-20(25(32)29-22-8-6-5-7-21(22)28)26(18,2)15-13-19(17)27(23,3)16-14-24(30)31/h5-8,14,16-20,23H,4,9-13,15H2,1-3H3,(H,29,32)/t17-,18-,19+,20?,23?,26-,27+/m0/s1. The van der Waals surface area contributed by atoms with Gasteiger partial charge in [0.15, 0.2) is 0 Å². The molecule has 32 heavy (non-hydrogen) atoms. The van der Waals surface area contributed by atoms with E-state index in [1.165, 1.54) is 6.07 Å². The third-order valence-corrected chi connectivity index (χ3v) is 9.76. The van der Waals surface area contributed by atoms with Crippen molar-refractivity contribution in [2.75, 3.05) is 11.9 Å². The Morgan fingerprint density at radius 2 is 1.91 bits per heavy atom. The molecule has 1 aromatic rings. The first-order valence-electron chi connectivity index (χ1n) is 12.3. The minimum atomic E-state index is -0.380. The highest BCUT2D eigenvalue weighted by Gasteiger charge is 2.61. The molecule has 1 heterocycles. The number of carbonyl (C=O) groups excluding carboxylic acids is 2. The molecule has 0 saturated heterocycles. The van der Waals surface area contributed by atoms with Crippen molar-refractivity contribution in [2.45, 2.75) is 65.3 Å². The predicted octanol–water partition coefficient (Wildman–Crippen LogP) is 5.41. The molecule has 172 valence electrons. The second-order valence-electron chi connectivity index (χ2n) is 10.9. The van der Waals surface area contributed by atoms with Crippen molar-refractivity contribution in [3.05, 3.63) is 42.2 Å². The summed E-state index contributed by atoms with van der Waals surface area (Å²) in [7, 11) is 0. The summed E-state index contributed by atoms with van der Waals surface area (Å²) in [4.78, 5) is 27.8. The van der Waals surface area contributed by atoms with Gasteiger partial charge in [0.2, 0.25) is 11.8 Å². The zero-order valence-corrected chi connectivity index (χ0v) is 19.4. The van der Waals surface area contributed by atoms with Gasteiger partial charge >= 0.3 is 0 Å². The van der Waals surface area contributed by atoms with E-state index in [1.807, 2.05) is 0 Å². The molecule has 1 N–H and O–H groups in total. The first-order valence-corrected chi connectivity index (χ1v) is 12.3. The first-order chi connectivity index (χ1) is 15.3. The third kappa shape index (κ3) is 3.07. The summed E-state index contributed by atoms with van der Waals surface area (Å²) in [6.45, 7) is 7.51. The molecule has 0 spiro atoms. The number of rotatable bonds is 3. The van der Waals surface area contributed by atoms with E-state index in [9.17, 15) is 14.0 Å². The van der Waals surface area contributed by atoms with Gasteiger partial charge in [-0.2, -0.15) is 0 Å². The van der Waals surface area contributed by atoms with Crippen LogP contribution in [0.4, 0.5) is 10.1 Å². The molecule has 7 atom stereocenters. The molecule has 1 aromatic carbocycles. The molecule has 2 unspecified atom stereocenters. The second kappa shape index (κ2) is 7.71. The number of benzene rings is 1. The van der Waals surface area contributed by atoms with E-state index >= 15 is 0 Å². The molecule has 2 amide bonds. The van der Waals surface area contributed by atoms with Crippen LogP contribution in [0.2, 0.25) is 0 Å². The highest BCUT2D eigenvalue weighted by Crippen LogP contribution is 2.65. The number of hydrogen-bond acceptors (Lipinski definition) is 2. The zero-order chi connectivity index (χ0) is 22.7. The summed E-state index contributed by atoms with van der Waals surface area (Å²) in [6, 6.07) is 6.71.